The van der Waals surface area contributed by atoms with E-state index < -0.39 is 0 Å². The van der Waals surface area contributed by atoms with Crippen LogP contribution in [0, 0.1) is 9.39 Å². The molecule has 0 aliphatic carbocycles. The molecule has 2 aromatic carbocycles. The second-order valence-electron chi connectivity index (χ2n) is 3.74. The molecule has 90 valence electrons. The van der Waals surface area contributed by atoms with E-state index in [1.165, 1.54) is 12.1 Å². The SMILES string of the molecule is Fc1ccc(Nc2nc3ccccc3s2)c(I)c1. The van der Waals surface area contributed by atoms with Gasteiger partial charge in [-0.05, 0) is 52.9 Å². The summed E-state index contributed by atoms with van der Waals surface area (Å²) in [4.78, 5) is 4.48. The average Bonchev–Trinajstić information content (AvgIpc) is 2.75. The van der Waals surface area contributed by atoms with Gasteiger partial charge < -0.3 is 5.32 Å². The van der Waals surface area contributed by atoms with Crippen LogP contribution in [0.1, 0.15) is 0 Å². The molecule has 3 rings (SSSR count). The topological polar surface area (TPSA) is 24.9 Å². The van der Waals surface area contributed by atoms with Crippen molar-refractivity contribution in [2.75, 3.05) is 5.32 Å². The van der Waals surface area contributed by atoms with Gasteiger partial charge in [-0.25, -0.2) is 9.37 Å². The Bertz CT molecular complexity index is 678. The molecule has 0 bridgehead atoms. The minimum atomic E-state index is -0.228. The Balaban J connectivity index is 1.96. The van der Waals surface area contributed by atoms with Gasteiger partial charge in [0.1, 0.15) is 5.82 Å². The number of para-hydroxylation sites is 1. The highest BCUT2D eigenvalue weighted by molar-refractivity contribution is 14.1. The van der Waals surface area contributed by atoms with Crippen LogP contribution >= 0.6 is 33.9 Å². The van der Waals surface area contributed by atoms with E-state index in [2.05, 4.69) is 32.9 Å². The van der Waals surface area contributed by atoms with Crippen molar-refractivity contribution in [3.63, 3.8) is 0 Å². The lowest BCUT2D eigenvalue weighted by Gasteiger charge is -2.04. The van der Waals surface area contributed by atoms with Crippen LogP contribution in [-0.2, 0) is 0 Å². The van der Waals surface area contributed by atoms with E-state index >= 15 is 0 Å². The quantitative estimate of drug-likeness (QED) is 0.657. The van der Waals surface area contributed by atoms with Crippen molar-refractivity contribution in [2.24, 2.45) is 0 Å². The molecular weight excluding hydrogens is 362 g/mol. The first-order valence-electron chi connectivity index (χ1n) is 5.30. The number of aromatic nitrogens is 1. The van der Waals surface area contributed by atoms with Gasteiger partial charge in [0, 0.05) is 3.57 Å². The summed E-state index contributed by atoms with van der Waals surface area (Å²) >= 11 is 3.69. The van der Waals surface area contributed by atoms with E-state index in [0.717, 1.165) is 24.6 Å². The normalized spacial score (nSPS) is 10.8. The molecule has 0 unspecified atom stereocenters. The third kappa shape index (κ3) is 2.32. The summed E-state index contributed by atoms with van der Waals surface area (Å²) in [6, 6.07) is 12.6. The number of rotatable bonds is 2. The average molecular weight is 370 g/mol. The predicted octanol–water partition coefficient (Wildman–Crippen LogP) is 4.78. The van der Waals surface area contributed by atoms with Crippen molar-refractivity contribution in [3.05, 3.63) is 51.9 Å². The summed E-state index contributed by atoms with van der Waals surface area (Å²) in [5, 5.41) is 4.04. The number of nitrogens with one attached hydrogen (secondary N) is 1. The van der Waals surface area contributed by atoms with Crippen molar-refractivity contribution >= 4 is 55.0 Å². The maximum atomic E-state index is 13.0. The zero-order valence-electron chi connectivity index (χ0n) is 9.15. The molecule has 0 aliphatic rings. The molecule has 0 aliphatic heterocycles. The van der Waals surface area contributed by atoms with E-state index in [1.807, 2.05) is 24.3 Å². The lowest BCUT2D eigenvalue weighted by Crippen LogP contribution is -1.92. The number of hydrogen-bond donors (Lipinski definition) is 1. The fourth-order valence-corrected chi connectivity index (χ4v) is 3.12. The van der Waals surface area contributed by atoms with Crippen molar-refractivity contribution in [3.8, 4) is 0 Å². The zero-order chi connectivity index (χ0) is 12.5. The standard InChI is InChI=1S/C13H8FIN2S/c14-8-5-6-10(9(15)7-8)16-13-17-11-3-1-2-4-12(11)18-13/h1-7H,(H,16,17). The molecular formula is C13H8FIN2S. The van der Waals surface area contributed by atoms with Gasteiger partial charge in [0.15, 0.2) is 5.13 Å². The fraction of sp³-hybridized carbons (Fsp3) is 0. The van der Waals surface area contributed by atoms with Gasteiger partial charge in [-0.15, -0.1) is 0 Å². The van der Waals surface area contributed by atoms with E-state index in [0.29, 0.717) is 0 Å². The molecule has 1 aromatic heterocycles. The minimum Gasteiger partial charge on any atom is -0.331 e. The van der Waals surface area contributed by atoms with Crippen LogP contribution in [-0.4, -0.2) is 4.98 Å². The van der Waals surface area contributed by atoms with Crippen LogP contribution < -0.4 is 5.32 Å². The highest BCUT2D eigenvalue weighted by Gasteiger charge is 2.06. The number of hydrogen-bond acceptors (Lipinski definition) is 3. The molecule has 18 heavy (non-hydrogen) atoms. The highest BCUT2D eigenvalue weighted by atomic mass is 127. The molecule has 0 spiro atoms. The van der Waals surface area contributed by atoms with Crippen molar-refractivity contribution in [1.82, 2.24) is 4.98 Å². The Morgan fingerprint density at radius 1 is 1.17 bits per heavy atom. The summed E-state index contributed by atoms with van der Waals surface area (Å²) in [6.45, 7) is 0. The zero-order valence-corrected chi connectivity index (χ0v) is 12.1. The lowest BCUT2D eigenvalue weighted by atomic mass is 10.3. The van der Waals surface area contributed by atoms with Gasteiger partial charge in [-0.2, -0.15) is 0 Å². The predicted molar refractivity (Wildman–Crippen MR) is 82.0 cm³/mol. The molecule has 0 atom stereocenters. The number of anilines is 2. The summed E-state index contributed by atoms with van der Waals surface area (Å²) in [5.74, 6) is -0.228. The molecule has 0 saturated heterocycles. The maximum absolute atomic E-state index is 13.0. The van der Waals surface area contributed by atoms with E-state index in [-0.39, 0.29) is 5.82 Å². The van der Waals surface area contributed by atoms with Crippen LogP contribution in [0.25, 0.3) is 10.2 Å². The Kier molecular flexibility index (Phi) is 3.17. The minimum absolute atomic E-state index is 0.228. The second-order valence-corrected chi connectivity index (χ2v) is 5.93. The molecule has 0 saturated carbocycles. The first-order chi connectivity index (χ1) is 8.72. The summed E-state index contributed by atoms with van der Waals surface area (Å²) in [5.41, 5.74) is 1.85. The van der Waals surface area contributed by atoms with Crippen LogP contribution in [0.2, 0.25) is 0 Å². The highest BCUT2D eigenvalue weighted by Crippen LogP contribution is 2.29. The van der Waals surface area contributed by atoms with E-state index in [4.69, 9.17) is 0 Å². The van der Waals surface area contributed by atoms with Crippen molar-refractivity contribution in [1.29, 1.82) is 0 Å². The third-order valence-corrected chi connectivity index (χ3v) is 4.31. The Labute approximate surface area is 121 Å². The van der Waals surface area contributed by atoms with Crippen LogP contribution in [0.5, 0.6) is 0 Å². The van der Waals surface area contributed by atoms with Crippen molar-refractivity contribution in [2.45, 2.75) is 0 Å². The van der Waals surface area contributed by atoms with Crippen molar-refractivity contribution < 1.29 is 4.39 Å². The van der Waals surface area contributed by atoms with Gasteiger partial charge in [-0.1, -0.05) is 23.5 Å². The maximum Gasteiger partial charge on any atom is 0.188 e. The lowest BCUT2D eigenvalue weighted by molar-refractivity contribution is 0.627. The van der Waals surface area contributed by atoms with Crippen LogP contribution in [0.15, 0.2) is 42.5 Å². The number of nitrogens with zero attached hydrogens (tertiary/aromatic N) is 1. The molecule has 3 aromatic rings. The van der Waals surface area contributed by atoms with Gasteiger partial charge in [0.25, 0.3) is 0 Å². The summed E-state index contributed by atoms with van der Waals surface area (Å²) < 4.78 is 15.0. The Hall–Kier alpha value is -1.21. The van der Waals surface area contributed by atoms with E-state index in [1.54, 1.807) is 17.4 Å². The first-order valence-corrected chi connectivity index (χ1v) is 7.19. The molecule has 5 heteroatoms. The van der Waals surface area contributed by atoms with Gasteiger partial charge in [0.2, 0.25) is 0 Å². The second kappa shape index (κ2) is 4.81. The van der Waals surface area contributed by atoms with Gasteiger partial charge in [-0.3, -0.25) is 0 Å². The van der Waals surface area contributed by atoms with Crippen LogP contribution in [0.3, 0.4) is 0 Å². The molecule has 2 nitrogen and oxygen atoms in total. The molecule has 0 radical (unpaired) electrons. The number of fused-ring (bicyclic) bond motifs is 1. The number of halogens is 2. The summed E-state index contributed by atoms with van der Waals surface area (Å²) in [6.07, 6.45) is 0. The first kappa shape index (κ1) is 11.9. The van der Waals surface area contributed by atoms with Crippen LogP contribution in [0.4, 0.5) is 15.2 Å². The fourth-order valence-electron chi connectivity index (χ4n) is 1.63. The Morgan fingerprint density at radius 3 is 2.78 bits per heavy atom. The Morgan fingerprint density at radius 2 is 2.00 bits per heavy atom. The molecule has 1 heterocycles. The smallest absolute Gasteiger partial charge is 0.188 e. The monoisotopic (exact) mass is 370 g/mol. The van der Waals surface area contributed by atoms with Gasteiger partial charge in [0.05, 0.1) is 15.9 Å². The third-order valence-electron chi connectivity index (χ3n) is 2.47. The molecule has 1 N–H and O–H groups in total. The number of benzene rings is 2. The van der Waals surface area contributed by atoms with Gasteiger partial charge >= 0.3 is 0 Å². The summed E-state index contributed by atoms with van der Waals surface area (Å²) in [7, 11) is 0. The molecule has 0 amide bonds. The number of thiazole rings is 1. The van der Waals surface area contributed by atoms with E-state index in [9.17, 15) is 4.39 Å². The largest absolute Gasteiger partial charge is 0.331 e. The molecule has 0 fully saturated rings.